The van der Waals surface area contributed by atoms with E-state index in [2.05, 4.69) is 140 Å². The van der Waals surface area contributed by atoms with Crippen molar-refractivity contribution in [3.05, 3.63) is 193 Å². The van der Waals surface area contributed by atoms with Crippen LogP contribution in [0.5, 0.6) is 0 Å². The Balaban J connectivity index is 0.999. The first-order chi connectivity index (χ1) is 29.5. The van der Waals surface area contributed by atoms with Gasteiger partial charge in [-0.05, 0) is 76.9 Å². The summed E-state index contributed by atoms with van der Waals surface area (Å²) in [7, 11) is 0. The minimum Gasteiger partial charge on any atom is -0.456 e. The number of hydrogen-bond acceptors (Lipinski definition) is 6. The molecule has 0 amide bonds. The summed E-state index contributed by atoms with van der Waals surface area (Å²) in [5.41, 5.74) is 12.7. The molecule has 0 spiro atoms. The van der Waals surface area contributed by atoms with Crippen LogP contribution in [-0.4, -0.2) is 15.0 Å². The van der Waals surface area contributed by atoms with Crippen molar-refractivity contribution in [2.45, 2.75) is 19.3 Å². The fraction of sp³-hybridized carbons (Fsp3) is 0.0556. The van der Waals surface area contributed by atoms with Gasteiger partial charge in [0.1, 0.15) is 11.2 Å². The molecule has 3 heterocycles. The molecule has 0 N–H and O–H groups in total. The third kappa shape index (κ3) is 5.49. The van der Waals surface area contributed by atoms with Gasteiger partial charge in [0.15, 0.2) is 17.5 Å². The van der Waals surface area contributed by atoms with Crippen LogP contribution in [0.1, 0.15) is 25.0 Å². The van der Waals surface area contributed by atoms with Crippen molar-refractivity contribution in [1.82, 2.24) is 15.0 Å². The van der Waals surface area contributed by atoms with E-state index in [1.807, 2.05) is 72.0 Å². The minimum atomic E-state index is -0.133. The lowest BCUT2D eigenvalue weighted by Crippen LogP contribution is -2.16. The van der Waals surface area contributed by atoms with Crippen molar-refractivity contribution >= 4 is 70.5 Å². The molecule has 1 aliphatic carbocycles. The van der Waals surface area contributed by atoms with E-state index < -0.39 is 0 Å². The summed E-state index contributed by atoms with van der Waals surface area (Å²) in [6.07, 6.45) is 0. The van der Waals surface area contributed by atoms with Gasteiger partial charge >= 0.3 is 0 Å². The largest absolute Gasteiger partial charge is 0.456 e. The Hall–Kier alpha value is -7.41. The van der Waals surface area contributed by atoms with E-state index in [0.717, 1.165) is 55.7 Å². The monoisotopic (exact) mass is 788 g/mol. The zero-order chi connectivity index (χ0) is 40.0. The lowest BCUT2D eigenvalue weighted by Gasteiger charge is -2.28. The second-order valence-electron chi connectivity index (χ2n) is 16.0. The first-order valence-corrected chi connectivity index (χ1v) is 21.1. The Kier molecular flexibility index (Phi) is 7.68. The Bertz CT molecular complexity index is 3420. The molecule has 0 fully saturated rings. The molecule has 284 valence electrons. The zero-order valence-corrected chi connectivity index (χ0v) is 33.7. The maximum atomic E-state index is 6.77. The molecule has 0 saturated carbocycles. The van der Waals surface area contributed by atoms with Crippen LogP contribution < -0.4 is 4.90 Å². The van der Waals surface area contributed by atoms with Gasteiger partial charge in [-0.15, -0.1) is 11.3 Å². The number of aromatic nitrogens is 3. The maximum Gasteiger partial charge on any atom is 0.164 e. The molecular formula is C54H36N4OS. The molecule has 12 rings (SSSR count). The molecule has 6 heteroatoms. The van der Waals surface area contributed by atoms with E-state index in [1.165, 1.54) is 42.4 Å². The van der Waals surface area contributed by atoms with E-state index in [0.29, 0.717) is 17.5 Å². The van der Waals surface area contributed by atoms with Crippen molar-refractivity contribution < 1.29 is 4.42 Å². The van der Waals surface area contributed by atoms with Crippen LogP contribution in [0.15, 0.2) is 186 Å². The van der Waals surface area contributed by atoms with Crippen molar-refractivity contribution in [3.8, 4) is 45.3 Å². The first kappa shape index (κ1) is 34.6. The number of benzene rings is 8. The molecule has 60 heavy (non-hydrogen) atoms. The van der Waals surface area contributed by atoms with Crippen LogP contribution in [0.2, 0.25) is 0 Å². The van der Waals surface area contributed by atoms with Gasteiger partial charge in [0, 0.05) is 76.2 Å². The summed E-state index contributed by atoms with van der Waals surface area (Å²) >= 11 is 1.84. The summed E-state index contributed by atoms with van der Waals surface area (Å²) in [4.78, 5) is 17.2. The van der Waals surface area contributed by atoms with Gasteiger partial charge in [-0.2, -0.15) is 0 Å². The number of fused-ring (bicyclic) bond motifs is 9. The quantitative estimate of drug-likeness (QED) is 0.168. The second kappa shape index (κ2) is 13.3. The third-order valence-electron chi connectivity index (χ3n) is 12.1. The minimum absolute atomic E-state index is 0.133. The van der Waals surface area contributed by atoms with E-state index in [4.69, 9.17) is 19.4 Å². The molecule has 11 aromatic rings. The summed E-state index contributed by atoms with van der Waals surface area (Å²) in [5.74, 6) is 1.85. The second-order valence-corrected chi connectivity index (χ2v) is 17.1. The Morgan fingerprint density at radius 2 is 0.950 bits per heavy atom. The SMILES string of the molecule is CC1(C)c2ccccc2-c2ccc(N(c3ccc4c(c3)oc3cc(-c5nc(-c6ccccc6)nc(-c6ccccc6)n5)ccc34)c3ccc4c(c3)sc3ccccc34)cc21. The molecule has 0 saturated heterocycles. The molecule has 8 aromatic carbocycles. The first-order valence-electron chi connectivity index (χ1n) is 20.3. The molecule has 1 aliphatic rings. The lowest BCUT2D eigenvalue weighted by molar-refractivity contribution is 0.660. The fourth-order valence-electron chi connectivity index (χ4n) is 9.11. The highest BCUT2D eigenvalue weighted by Crippen LogP contribution is 2.51. The highest BCUT2D eigenvalue weighted by atomic mass is 32.1. The van der Waals surface area contributed by atoms with Gasteiger partial charge in [0.05, 0.1) is 0 Å². The highest BCUT2D eigenvalue weighted by Gasteiger charge is 2.36. The average molecular weight is 789 g/mol. The highest BCUT2D eigenvalue weighted by molar-refractivity contribution is 7.25. The molecular weight excluding hydrogens is 753 g/mol. The van der Waals surface area contributed by atoms with E-state index in [-0.39, 0.29) is 5.41 Å². The zero-order valence-electron chi connectivity index (χ0n) is 32.9. The number of thiophene rings is 1. The number of hydrogen-bond donors (Lipinski definition) is 0. The lowest BCUT2D eigenvalue weighted by atomic mass is 9.82. The summed E-state index contributed by atoms with van der Waals surface area (Å²) in [6, 6.07) is 64.3. The van der Waals surface area contributed by atoms with Crippen LogP contribution in [0.25, 0.3) is 87.4 Å². The molecule has 0 aliphatic heterocycles. The molecule has 0 unspecified atom stereocenters. The number of anilines is 3. The van der Waals surface area contributed by atoms with Crippen LogP contribution in [-0.2, 0) is 5.41 Å². The van der Waals surface area contributed by atoms with Crippen LogP contribution in [0, 0.1) is 0 Å². The fourth-order valence-corrected chi connectivity index (χ4v) is 10.3. The predicted molar refractivity (Wildman–Crippen MR) is 249 cm³/mol. The van der Waals surface area contributed by atoms with Gasteiger partial charge in [0.25, 0.3) is 0 Å². The van der Waals surface area contributed by atoms with Gasteiger partial charge in [-0.3, -0.25) is 0 Å². The average Bonchev–Trinajstić information content (AvgIpc) is 3.93. The Morgan fingerprint density at radius 1 is 0.417 bits per heavy atom. The van der Waals surface area contributed by atoms with E-state index in [9.17, 15) is 0 Å². The number of nitrogens with zero attached hydrogens (tertiary/aromatic N) is 4. The van der Waals surface area contributed by atoms with Crippen molar-refractivity contribution in [3.63, 3.8) is 0 Å². The number of furan rings is 1. The van der Waals surface area contributed by atoms with Crippen LogP contribution >= 0.6 is 11.3 Å². The van der Waals surface area contributed by atoms with Crippen molar-refractivity contribution in [2.24, 2.45) is 0 Å². The summed E-state index contributed by atoms with van der Waals surface area (Å²) < 4.78 is 9.32. The molecule has 3 aromatic heterocycles. The van der Waals surface area contributed by atoms with E-state index >= 15 is 0 Å². The van der Waals surface area contributed by atoms with Crippen LogP contribution in [0.3, 0.4) is 0 Å². The molecule has 0 atom stereocenters. The van der Waals surface area contributed by atoms with Gasteiger partial charge < -0.3 is 9.32 Å². The standard InChI is InChI=1S/C54H36N4OS/c1-54(2)45-19-11-9-17-39(45)40-26-22-36(30-46(40)54)58(38-24-28-44-43-18-10-12-20-49(43)60-50(44)32-38)37-23-27-42-41-25-21-35(29-47(41)59-48(42)31-37)53-56-51(33-13-5-3-6-14-33)55-52(57-53)34-15-7-4-8-16-34/h3-32H,1-2H3. The Labute approximate surface area is 350 Å². The molecule has 0 bridgehead atoms. The number of rotatable bonds is 6. The Morgan fingerprint density at radius 3 is 1.70 bits per heavy atom. The van der Waals surface area contributed by atoms with Gasteiger partial charge in [0.2, 0.25) is 0 Å². The molecule has 5 nitrogen and oxygen atoms in total. The van der Waals surface area contributed by atoms with Gasteiger partial charge in [-0.1, -0.05) is 135 Å². The maximum absolute atomic E-state index is 6.77. The third-order valence-corrected chi connectivity index (χ3v) is 13.3. The normalized spacial score (nSPS) is 13.0. The van der Waals surface area contributed by atoms with E-state index in [1.54, 1.807) is 0 Å². The summed E-state index contributed by atoms with van der Waals surface area (Å²) in [5, 5.41) is 4.66. The van der Waals surface area contributed by atoms with Crippen LogP contribution in [0.4, 0.5) is 17.1 Å². The smallest absolute Gasteiger partial charge is 0.164 e. The van der Waals surface area contributed by atoms with Crippen molar-refractivity contribution in [2.75, 3.05) is 4.90 Å². The molecule has 0 radical (unpaired) electrons. The summed E-state index contributed by atoms with van der Waals surface area (Å²) in [6.45, 7) is 4.68. The van der Waals surface area contributed by atoms with Gasteiger partial charge in [-0.25, -0.2) is 15.0 Å². The predicted octanol–water partition coefficient (Wildman–Crippen LogP) is 14.9. The topological polar surface area (TPSA) is 55.1 Å². The van der Waals surface area contributed by atoms with Crippen molar-refractivity contribution in [1.29, 1.82) is 0 Å².